The van der Waals surface area contributed by atoms with Crippen LogP contribution < -0.4 is 0 Å². The van der Waals surface area contributed by atoms with E-state index in [1.54, 1.807) is 39.8 Å². The number of hydrogen-bond donors (Lipinski definition) is 0. The summed E-state index contributed by atoms with van der Waals surface area (Å²) in [6.45, 7) is 9.20. The Morgan fingerprint density at radius 1 is 0.964 bits per heavy atom. The van der Waals surface area contributed by atoms with Gasteiger partial charge in [-0.25, -0.2) is 0 Å². The number of aryl methyl sites for hydroxylation is 1. The minimum atomic E-state index is -4.04. The molecule has 0 N–H and O–H groups in total. The fourth-order valence-electron chi connectivity index (χ4n) is 3.70. The predicted molar refractivity (Wildman–Crippen MR) is 96.8 cm³/mol. The van der Waals surface area contributed by atoms with E-state index in [0.29, 0.717) is 0 Å². The standard InChI is InChI=1S/C19H26O8S/c1-11-6-8-12(9-7-11)28(20,21)27-15-14(13-10-22-18(2,3)24-13)23-17-16(15)25-19(4,5)26-17/h6-9,13-17H,10H2,1-5H3/t13?,14-,15?,16?,17+/m1/s1. The second kappa shape index (κ2) is 6.73. The molecule has 4 rings (SSSR count). The molecule has 0 amide bonds. The van der Waals surface area contributed by atoms with Crippen LogP contribution in [0.5, 0.6) is 0 Å². The third-order valence-electron chi connectivity index (χ3n) is 4.97. The van der Waals surface area contributed by atoms with Gasteiger partial charge in [-0.05, 0) is 46.8 Å². The Balaban J connectivity index is 1.61. The molecule has 0 aliphatic carbocycles. The van der Waals surface area contributed by atoms with Gasteiger partial charge in [-0.1, -0.05) is 17.7 Å². The monoisotopic (exact) mass is 414 g/mol. The van der Waals surface area contributed by atoms with Crippen molar-refractivity contribution in [3.8, 4) is 0 Å². The van der Waals surface area contributed by atoms with Crippen LogP contribution in [0.3, 0.4) is 0 Å². The Labute approximate surface area is 165 Å². The molecule has 0 bridgehead atoms. The van der Waals surface area contributed by atoms with Gasteiger partial charge in [0.05, 0.1) is 11.5 Å². The van der Waals surface area contributed by atoms with Gasteiger partial charge >= 0.3 is 0 Å². The maximum absolute atomic E-state index is 12.9. The molecule has 156 valence electrons. The minimum absolute atomic E-state index is 0.0717. The molecule has 8 nitrogen and oxygen atoms in total. The van der Waals surface area contributed by atoms with Crippen LogP contribution in [0.4, 0.5) is 0 Å². The average molecular weight is 414 g/mol. The molecule has 3 aliphatic heterocycles. The first-order chi connectivity index (χ1) is 13.0. The third-order valence-corrected chi connectivity index (χ3v) is 6.30. The summed E-state index contributed by atoms with van der Waals surface area (Å²) in [6.07, 6.45) is -3.60. The highest BCUT2D eigenvalue weighted by molar-refractivity contribution is 7.86. The summed E-state index contributed by atoms with van der Waals surface area (Å²) >= 11 is 0. The summed E-state index contributed by atoms with van der Waals surface area (Å²) in [6, 6.07) is 6.47. The molecule has 0 saturated carbocycles. The molecular weight excluding hydrogens is 388 g/mol. The molecule has 0 radical (unpaired) electrons. The van der Waals surface area contributed by atoms with Crippen molar-refractivity contribution in [3.05, 3.63) is 29.8 Å². The van der Waals surface area contributed by atoms with Gasteiger partial charge in [-0.3, -0.25) is 4.18 Å². The summed E-state index contributed by atoms with van der Waals surface area (Å²) in [7, 11) is -4.04. The van der Waals surface area contributed by atoms with Crippen molar-refractivity contribution in [1.29, 1.82) is 0 Å². The molecule has 5 atom stereocenters. The molecule has 1 aromatic carbocycles. The lowest BCUT2D eigenvalue weighted by Gasteiger charge is -2.28. The minimum Gasteiger partial charge on any atom is -0.348 e. The number of benzene rings is 1. The first-order valence-electron chi connectivity index (χ1n) is 9.29. The van der Waals surface area contributed by atoms with Crippen LogP contribution in [0.15, 0.2) is 29.2 Å². The number of fused-ring (bicyclic) bond motifs is 1. The molecule has 3 unspecified atom stereocenters. The van der Waals surface area contributed by atoms with Crippen molar-refractivity contribution >= 4 is 10.1 Å². The highest BCUT2D eigenvalue weighted by Gasteiger charge is 2.60. The van der Waals surface area contributed by atoms with Crippen LogP contribution in [-0.4, -0.2) is 57.3 Å². The van der Waals surface area contributed by atoms with Crippen molar-refractivity contribution in [2.45, 2.75) is 81.8 Å². The van der Waals surface area contributed by atoms with Gasteiger partial charge < -0.3 is 23.7 Å². The van der Waals surface area contributed by atoms with E-state index < -0.39 is 52.4 Å². The van der Waals surface area contributed by atoms with E-state index in [-0.39, 0.29) is 11.5 Å². The van der Waals surface area contributed by atoms with Crippen LogP contribution >= 0.6 is 0 Å². The zero-order chi connectivity index (χ0) is 20.3. The Kier molecular flexibility index (Phi) is 4.86. The van der Waals surface area contributed by atoms with Crippen molar-refractivity contribution in [3.63, 3.8) is 0 Å². The Morgan fingerprint density at radius 3 is 2.25 bits per heavy atom. The average Bonchev–Trinajstić information content (AvgIpc) is 3.18. The third kappa shape index (κ3) is 3.85. The van der Waals surface area contributed by atoms with Crippen LogP contribution in [-0.2, 0) is 38.0 Å². The molecule has 3 fully saturated rings. The SMILES string of the molecule is Cc1ccc(S(=O)(=O)OC2C3OC(C)(C)O[C@@H]3O[C@@H]2C2COC(C)(C)O2)cc1. The summed E-state index contributed by atoms with van der Waals surface area (Å²) in [4.78, 5) is 0.0717. The first-order valence-corrected chi connectivity index (χ1v) is 10.7. The second-order valence-electron chi connectivity index (χ2n) is 8.26. The van der Waals surface area contributed by atoms with Gasteiger partial charge in [0.25, 0.3) is 10.1 Å². The fraction of sp³-hybridized carbons (Fsp3) is 0.684. The van der Waals surface area contributed by atoms with Crippen molar-refractivity contribution in [1.82, 2.24) is 0 Å². The van der Waals surface area contributed by atoms with Crippen molar-refractivity contribution < 1.29 is 36.3 Å². The van der Waals surface area contributed by atoms with Gasteiger partial charge in [0, 0.05) is 0 Å². The molecular formula is C19H26O8S. The Bertz CT molecular complexity index is 832. The summed E-state index contributed by atoms with van der Waals surface area (Å²) in [5.41, 5.74) is 0.953. The van der Waals surface area contributed by atoms with Gasteiger partial charge in [-0.2, -0.15) is 8.42 Å². The quantitative estimate of drug-likeness (QED) is 0.692. The van der Waals surface area contributed by atoms with E-state index in [0.717, 1.165) is 5.56 Å². The van der Waals surface area contributed by atoms with E-state index in [9.17, 15) is 8.42 Å². The fourth-order valence-corrected chi connectivity index (χ4v) is 4.79. The molecule has 3 heterocycles. The zero-order valence-electron chi connectivity index (χ0n) is 16.6. The predicted octanol–water partition coefficient (Wildman–Crippen LogP) is 2.10. The lowest BCUT2D eigenvalue weighted by molar-refractivity contribution is -0.230. The highest BCUT2D eigenvalue weighted by atomic mass is 32.2. The lowest BCUT2D eigenvalue weighted by Crippen LogP contribution is -2.45. The van der Waals surface area contributed by atoms with Crippen LogP contribution in [0.2, 0.25) is 0 Å². The Hall–Kier alpha value is -1.07. The van der Waals surface area contributed by atoms with Gasteiger partial charge in [0.1, 0.15) is 24.4 Å². The molecule has 9 heteroatoms. The van der Waals surface area contributed by atoms with E-state index in [2.05, 4.69) is 0 Å². The Morgan fingerprint density at radius 2 is 1.64 bits per heavy atom. The molecule has 28 heavy (non-hydrogen) atoms. The topological polar surface area (TPSA) is 89.5 Å². The van der Waals surface area contributed by atoms with E-state index in [1.165, 1.54) is 12.1 Å². The summed E-state index contributed by atoms with van der Waals surface area (Å²) in [5, 5.41) is 0. The van der Waals surface area contributed by atoms with Crippen LogP contribution in [0.25, 0.3) is 0 Å². The smallest absolute Gasteiger partial charge is 0.297 e. The van der Waals surface area contributed by atoms with E-state index in [4.69, 9.17) is 27.9 Å². The summed E-state index contributed by atoms with van der Waals surface area (Å²) in [5.74, 6) is -1.69. The lowest BCUT2D eigenvalue weighted by atomic mass is 10.1. The normalized spacial score (nSPS) is 36.5. The van der Waals surface area contributed by atoms with Crippen molar-refractivity contribution in [2.24, 2.45) is 0 Å². The molecule has 3 aliphatic rings. The zero-order valence-corrected chi connectivity index (χ0v) is 17.4. The number of hydrogen-bond acceptors (Lipinski definition) is 8. The molecule has 0 aromatic heterocycles. The van der Waals surface area contributed by atoms with Gasteiger partial charge in [0.15, 0.2) is 17.9 Å². The maximum atomic E-state index is 12.9. The maximum Gasteiger partial charge on any atom is 0.297 e. The second-order valence-corrected chi connectivity index (χ2v) is 9.84. The molecule has 1 aromatic rings. The van der Waals surface area contributed by atoms with Gasteiger partial charge in [0.2, 0.25) is 0 Å². The first kappa shape index (κ1) is 20.2. The largest absolute Gasteiger partial charge is 0.348 e. The van der Waals surface area contributed by atoms with Gasteiger partial charge in [-0.15, -0.1) is 0 Å². The molecule has 3 saturated heterocycles. The molecule has 0 spiro atoms. The van der Waals surface area contributed by atoms with Crippen LogP contribution in [0, 0.1) is 6.92 Å². The van der Waals surface area contributed by atoms with E-state index in [1.807, 2.05) is 6.92 Å². The van der Waals surface area contributed by atoms with Crippen molar-refractivity contribution in [2.75, 3.05) is 6.61 Å². The summed E-state index contributed by atoms with van der Waals surface area (Å²) < 4.78 is 60.5. The van der Waals surface area contributed by atoms with E-state index >= 15 is 0 Å². The highest BCUT2D eigenvalue weighted by Crippen LogP contribution is 2.42. The van der Waals surface area contributed by atoms with Crippen LogP contribution in [0.1, 0.15) is 33.3 Å². The number of rotatable bonds is 4. The number of ether oxygens (including phenoxy) is 5.